The Morgan fingerprint density at radius 2 is 1.92 bits per heavy atom. The minimum Gasteiger partial charge on any atom is -0.376 e. The lowest BCUT2D eigenvalue weighted by Crippen LogP contribution is -2.36. The highest BCUT2D eigenvalue weighted by molar-refractivity contribution is 4.68. The lowest BCUT2D eigenvalue weighted by Gasteiger charge is -2.30. The van der Waals surface area contributed by atoms with Gasteiger partial charge < -0.3 is 9.47 Å². The van der Waals surface area contributed by atoms with Crippen LogP contribution in [0.25, 0.3) is 0 Å². The zero-order chi connectivity index (χ0) is 8.97. The highest BCUT2D eigenvalue weighted by atomic mass is 16.6. The van der Waals surface area contributed by atoms with Gasteiger partial charge in [0.1, 0.15) is 0 Å². The maximum Gasteiger partial charge on any atom is 0.0815 e. The molecule has 2 heteroatoms. The summed E-state index contributed by atoms with van der Waals surface area (Å²) in [7, 11) is 0. The fourth-order valence-electron chi connectivity index (χ4n) is 1.55. The Kier molecular flexibility index (Phi) is 4.02. The van der Waals surface area contributed by atoms with Crippen molar-refractivity contribution < 1.29 is 9.47 Å². The summed E-state index contributed by atoms with van der Waals surface area (Å²) < 4.78 is 11.3. The zero-order valence-electron chi connectivity index (χ0n) is 8.38. The molecule has 1 aliphatic rings. The molecule has 1 fully saturated rings. The molecular weight excluding hydrogens is 152 g/mol. The van der Waals surface area contributed by atoms with Crippen LogP contribution >= 0.6 is 0 Å². The second kappa shape index (κ2) is 4.83. The molecule has 0 aromatic heterocycles. The molecule has 72 valence electrons. The van der Waals surface area contributed by atoms with Crippen LogP contribution in [0.5, 0.6) is 0 Å². The fraction of sp³-hybridized carbons (Fsp3) is 1.00. The van der Waals surface area contributed by atoms with E-state index in [4.69, 9.17) is 9.47 Å². The van der Waals surface area contributed by atoms with Gasteiger partial charge in [-0.2, -0.15) is 0 Å². The molecule has 1 saturated heterocycles. The van der Waals surface area contributed by atoms with E-state index in [1.165, 1.54) is 0 Å². The SMILES string of the molecule is CCC1COCC(CC(C)C)O1. The molecule has 2 atom stereocenters. The van der Waals surface area contributed by atoms with Gasteiger partial charge in [-0.15, -0.1) is 0 Å². The Bertz CT molecular complexity index is 123. The highest BCUT2D eigenvalue weighted by Gasteiger charge is 2.21. The largest absolute Gasteiger partial charge is 0.376 e. The predicted molar refractivity (Wildman–Crippen MR) is 49.2 cm³/mol. The van der Waals surface area contributed by atoms with Gasteiger partial charge in [0, 0.05) is 0 Å². The molecule has 0 aromatic carbocycles. The molecule has 0 bridgehead atoms. The summed E-state index contributed by atoms with van der Waals surface area (Å²) in [5.74, 6) is 0.703. The van der Waals surface area contributed by atoms with Gasteiger partial charge in [0.05, 0.1) is 25.4 Å². The van der Waals surface area contributed by atoms with Crippen LogP contribution in [0.2, 0.25) is 0 Å². The van der Waals surface area contributed by atoms with Crippen molar-refractivity contribution in [3.63, 3.8) is 0 Å². The van der Waals surface area contributed by atoms with Gasteiger partial charge in [-0.3, -0.25) is 0 Å². The maximum absolute atomic E-state index is 5.82. The first-order valence-electron chi connectivity index (χ1n) is 4.95. The molecule has 0 aromatic rings. The lowest BCUT2D eigenvalue weighted by molar-refractivity contribution is -0.143. The first kappa shape index (κ1) is 10.0. The minimum atomic E-state index is 0.336. The maximum atomic E-state index is 5.82. The van der Waals surface area contributed by atoms with Crippen LogP contribution < -0.4 is 0 Å². The molecule has 12 heavy (non-hydrogen) atoms. The van der Waals surface area contributed by atoms with E-state index in [0.29, 0.717) is 18.1 Å². The van der Waals surface area contributed by atoms with E-state index in [-0.39, 0.29) is 0 Å². The van der Waals surface area contributed by atoms with Crippen molar-refractivity contribution in [2.24, 2.45) is 5.92 Å². The average molecular weight is 172 g/mol. The number of ether oxygens (including phenoxy) is 2. The van der Waals surface area contributed by atoms with E-state index in [1.54, 1.807) is 0 Å². The van der Waals surface area contributed by atoms with Gasteiger partial charge in [-0.25, -0.2) is 0 Å². The molecule has 0 amide bonds. The molecule has 1 rings (SSSR count). The Labute approximate surface area is 75.2 Å². The number of hydrogen-bond acceptors (Lipinski definition) is 2. The van der Waals surface area contributed by atoms with Crippen molar-refractivity contribution >= 4 is 0 Å². The van der Waals surface area contributed by atoms with Crippen molar-refractivity contribution in [1.82, 2.24) is 0 Å². The molecule has 0 aliphatic carbocycles. The molecular formula is C10H20O2. The molecule has 1 heterocycles. The third-order valence-corrected chi connectivity index (χ3v) is 2.18. The van der Waals surface area contributed by atoms with Gasteiger partial charge in [-0.1, -0.05) is 20.8 Å². The van der Waals surface area contributed by atoms with E-state index >= 15 is 0 Å². The molecule has 0 saturated carbocycles. The summed E-state index contributed by atoms with van der Waals surface area (Å²) in [4.78, 5) is 0. The van der Waals surface area contributed by atoms with Crippen LogP contribution in [0.1, 0.15) is 33.6 Å². The molecule has 1 aliphatic heterocycles. The van der Waals surface area contributed by atoms with Crippen LogP contribution in [-0.4, -0.2) is 25.4 Å². The van der Waals surface area contributed by atoms with Gasteiger partial charge in [-0.05, 0) is 18.8 Å². The van der Waals surface area contributed by atoms with Crippen molar-refractivity contribution in [2.45, 2.75) is 45.8 Å². The summed E-state index contributed by atoms with van der Waals surface area (Å²) >= 11 is 0. The van der Waals surface area contributed by atoms with Gasteiger partial charge >= 0.3 is 0 Å². The van der Waals surface area contributed by atoms with E-state index in [0.717, 1.165) is 26.1 Å². The van der Waals surface area contributed by atoms with Gasteiger partial charge in [0.2, 0.25) is 0 Å². The zero-order valence-corrected chi connectivity index (χ0v) is 8.38. The van der Waals surface area contributed by atoms with Crippen molar-refractivity contribution in [3.8, 4) is 0 Å². The van der Waals surface area contributed by atoms with Crippen LogP contribution in [0.4, 0.5) is 0 Å². The third-order valence-electron chi connectivity index (χ3n) is 2.18. The molecule has 2 unspecified atom stereocenters. The average Bonchev–Trinajstić information content (AvgIpc) is 2.03. The van der Waals surface area contributed by atoms with E-state index in [9.17, 15) is 0 Å². The highest BCUT2D eigenvalue weighted by Crippen LogP contribution is 2.16. The topological polar surface area (TPSA) is 18.5 Å². The minimum absolute atomic E-state index is 0.336. The fourth-order valence-corrected chi connectivity index (χ4v) is 1.55. The van der Waals surface area contributed by atoms with E-state index in [2.05, 4.69) is 20.8 Å². The normalized spacial score (nSPS) is 31.0. The van der Waals surface area contributed by atoms with Crippen LogP contribution in [0, 0.1) is 5.92 Å². The molecule has 0 N–H and O–H groups in total. The first-order valence-corrected chi connectivity index (χ1v) is 4.95. The summed E-state index contributed by atoms with van der Waals surface area (Å²) in [6.45, 7) is 8.16. The number of rotatable bonds is 3. The first-order chi connectivity index (χ1) is 5.72. The Balaban J connectivity index is 2.25. The Hall–Kier alpha value is -0.0800. The van der Waals surface area contributed by atoms with Crippen molar-refractivity contribution in [2.75, 3.05) is 13.2 Å². The monoisotopic (exact) mass is 172 g/mol. The predicted octanol–water partition coefficient (Wildman–Crippen LogP) is 2.23. The second-order valence-corrected chi connectivity index (χ2v) is 3.96. The smallest absolute Gasteiger partial charge is 0.0815 e. The quantitative estimate of drug-likeness (QED) is 0.650. The van der Waals surface area contributed by atoms with Crippen LogP contribution in [0.3, 0.4) is 0 Å². The molecule has 0 spiro atoms. The number of hydrogen-bond donors (Lipinski definition) is 0. The summed E-state index contributed by atoms with van der Waals surface area (Å²) in [6, 6.07) is 0. The summed E-state index contributed by atoms with van der Waals surface area (Å²) in [5, 5.41) is 0. The Morgan fingerprint density at radius 3 is 2.50 bits per heavy atom. The third kappa shape index (κ3) is 3.11. The summed E-state index contributed by atoms with van der Waals surface area (Å²) in [6.07, 6.45) is 2.86. The molecule has 0 radical (unpaired) electrons. The van der Waals surface area contributed by atoms with E-state index in [1.807, 2.05) is 0 Å². The lowest BCUT2D eigenvalue weighted by atomic mass is 10.1. The van der Waals surface area contributed by atoms with E-state index < -0.39 is 0 Å². The Morgan fingerprint density at radius 1 is 1.25 bits per heavy atom. The van der Waals surface area contributed by atoms with Crippen molar-refractivity contribution in [3.05, 3.63) is 0 Å². The van der Waals surface area contributed by atoms with Gasteiger partial charge in [0.25, 0.3) is 0 Å². The second-order valence-electron chi connectivity index (χ2n) is 3.96. The molecule has 2 nitrogen and oxygen atoms in total. The van der Waals surface area contributed by atoms with Crippen LogP contribution in [-0.2, 0) is 9.47 Å². The van der Waals surface area contributed by atoms with Crippen molar-refractivity contribution in [1.29, 1.82) is 0 Å². The van der Waals surface area contributed by atoms with Gasteiger partial charge in [0.15, 0.2) is 0 Å². The standard InChI is InChI=1S/C10H20O2/c1-4-9-6-11-7-10(12-9)5-8(2)3/h8-10H,4-7H2,1-3H3. The van der Waals surface area contributed by atoms with Crippen LogP contribution in [0.15, 0.2) is 0 Å². The summed E-state index contributed by atoms with van der Waals surface area (Å²) in [5.41, 5.74) is 0.